The third-order valence-corrected chi connectivity index (χ3v) is 8.00. The molecule has 1 unspecified atom stereocenters. The minimum absolute atomic E-state index is 0.0306. The highest BCUT2D eigenvalue weighted by Gasteiger charge is 2.41. The molecule has 1 saturated heterocycles. The van der Waals surface area contributed by atoms with Gasteiger partial charge in [-0.1, -0.05) is 42.1 Å². The van der Waals surface area contributed by atoms with Gasteiger partial charge in [0.25, 0.3) is 0 Å². The first kappa shape index (κ1) is 28.5. The van der Waals surface area contributed by atoms with Crippen LogP contribution in [0.4, 0.5) is 5.69 Å². The number of pyridine rings is 1. The molecule has 1 fully saturated rings. The third-order valence-electron chi connectivity index (χ3n) is 6.83. The molecule has 0 N–H and O–H groups in total. The molecule has 3 aromatic carbocycles. The lowest BCUT2D eigenvalue weighted by molar-refractivity contribution is -0.121. The molecule has 1 aliphatic rings. The highest BCUT2D eigenvalue weighted by molar-refractivity contribution is 8.00. The van der Waals surface area contributed by atoms with Gasteiger partial charge in [0.2, 0.25) is 17.6 Å². The van der Waals surface area contributed by atoms with E-state index in [0.717, 1.165) is 17.3 Å². The predicted molar refractivity (Wildman–Crippen MR) is 159 cm³/mol. The molecule has 5 rings (SSSR count). The number of carbonyl (C=O) groups excluding carboxylic acids is 2. The van der Waals surface area contributed by atoms with E-state index in [-0.39, 0.29) is 23.8 Å². The van der Waals surface area contributed by atoms with Crippen LogP contribution in [0.15, 0.2) is 77.8 Å². The number of thioether (sulfide) groups is 1. The molecule has 0 spiro atoms. The van der Waals surface area contributed by atoms with Crippen LogP contribution >= 0.6 is 11.8 Å². The van der Waals surface area contributed by atoms with Crippen molar-refractivity contribution in [2.75, 3.05) is 33.3 Å². The van der Waals surface area contributed by atoms with Crippen molar-refractivity contribution in [2.45, 2.75) is 16.7 Å². The van der Waals surface area contributed by atoms with Crippen molar-refractivity contribution in [1.82, 2.24) is 4.98 Å². The van der Waals surface area contributed by atoms with E-state index in [4.69, 9.17) is 23.9 Å². The fourth-order valence-corrected chi connectivity index (χ4v) is 5.90. The van der Waals surface area contributed by atoms with Gasteiger partial charge >= 0.3 is 0 Å². The number of nitriles is 1. The largest absolute Gasteiger partial charge is 0.497 e. The predicted octanol–water partition coefficient (Wildman–Crippen LogP) is 5.75. The van der Waals surface area contributed by atoms with Gasteiger partial charge in [-0.25, -0.2) is 9.88 Å². The normalized spacial score (nSPS) is 14.5. The van der Waals surface area contributed by atoms with E-state index in [2.05, 4.69) is 6.07 Å². The number of imide groups is 1. The molecule has 2 heterocycles. The molecule has 1 aromatic heterocycles. The van der Waals surface area contributed by atoms with E-state index in [9.17, 15) is 14.9 Å². The van der Waals surface area contributed by atoms with Gasteiger partial charge in [0.05, 0.1) is 50.6 Å². The van der Waals surface area contributed by atoms with Gasteiger partial charge in [0.1, 0.15) is 16.8 Å². The third kappa shape index (κ3) is 5.34. The monoisotopic (exact) mass is 581 g/mol. The molecule has 9 nitrogen and oxygen atoms in total. The summed E-state index contributed by atoms with van der Waals surface area (Å²) in [6.07, 6.45) is -0.0306. The number of rotatable bonds is 9. The lowest BCUT2D eigenvalue weighted by atomic mass is 9.98. The van der Waals surface area contributed by atoms with Crippen LogP contribution in [0.3, 0.4) is 0 Å². The Bertz CT molecular complexity index is 1660. The average Bonchev–Trinajstić information content (AvgIpc) is 3.31. The first-order chi connectivity index (χ1) is 20.4. The van der Waals surface area contributed by atoms with E-state index in [1.807, 2.05) is 36.4 Å². The van der Waals surface area contributed by atoms with Crippen molar-refractivity contribution >= 4 is 29.3 Å². The molecule has 42 heavy (non-hydrogen) atoms. The molecular weight excluding hydrogens is 554 g/mol. The van der Waals surface area contributed by atoms with Crippen LogP contribution in [0.5, 0.6) is 23.0 Å². The fourth-order valence-electron chi connectivity index (χ4n) is 4.77. The van der Waals surface area contributed by atoms with Gasteiger partial charge in [-0.15, -0.1) is 0 Å². The first-order valence-electron chi connectivity index (χ1n) is 12.9. The van der Waals surface area contributed by atoms with Crippen LogP contribution in [0.1, 0.15) is 12.0 Å². The number of hydrogen-bond donors (Lipinski definition) is 0. The standard InChI is InChI=1S/C32H27N3O6S/c1-38-22-12-10-21(11-13-22)35-29(36)17-28(32(35)37)42-31-24(18-33)23(16-25(34-31)19-8-6-5-7-9-19)20-14-26(39-2)30(41-4)27(15-20)40-3/h5-16,28H,17H2,1-4H3. The second-order valence-corrected chi connectivity index (χ2v) is 10.4. The number of aromatic nitrogens is 1. The zero-order valence-electron chi connectivity index (χ0n) is 23.4. The number of hydrogen-bond acceptors (Lipinski definition) is 9. The van der Waals surface area contributed by atoms with Crippen LogP contribution in [0.2, 0.25) is 0 Å². The summed E-state index contributed by atoms with van der Waals surface area (Å²) >= 11 is 1.11. The van der Waals surface area contributed by atoms with Crippen molar-refractivity contribution in [3.8, 4) is 51.5 Å². The molecule has 0 radical (unpaired) electrons. The van der Waals surface area contributed by atoms with Crippen LogP contribution in [0, 0.1) is 11.3 Å². The summed E-state index contributed by atoms with van der Waals surface area (Å²) in [4.78, 5) is 32.5. The zero-order chi connectivity index (χ0) is 29.8. The van der Waals surface area contributed by atoms with E-state index >= 15 is 0 Å². The van der Waals surface area contributed by atoms with E-state index < -0.39 is 5.25 Å². The van der Waals surface area contributed by atoms with Gasteiger partial charge in [0.15, 0.2) is 11.5 Å². The Morgan fingerprint density at radius 3 is 2.10 bits per heavy atom. The summed E-state index contributed by atoms with van der Waals surface area (Å²) in [6.45, 7) is 0. The Morgan fingerprint density at radius 1 is 0.857 bits per heavy atom. The van der Waals surface area contributed by atoms with Crippen molar-refractivity contribution in [3.05, 3.63) is 78.4 Å². The average molecular weight is 582 g/mol. The summed E-state index contributed by atoms with van der Waals surface area (Å²) in [7, 11) is 6.10. The Balaban J connectivity index is 1.61. The zero-order valence-corrected chi connectivity index (χ0v) is 24.2. The van der Waals surface area contributed by atoms with Gasteiger partial charge in [-0.3, -0.25) is 9.59 Å². The van der Waals surface area contributed by atoms with Crippen LogP contribution < -0.4 is 23.8 Å². The molecule has 1 aliphatic heterocycles. The number of nitrogens with zero attached hydrogens (tertiary/aromatic N) is 3. The second-order valence-electron chi connectivity index (χ2n) is 9.20. The first-order valence-corrected chi connectivity index (χ1v) is 13.8. The summed E-state index contributed by atoms with van der Waals surface area (Å²) < 4.78 is 21.8. The SMILES string of the molecule is COc1ccc(N2C(=O)CC(Sc3nc(-c4ccccc4)cc(-c4cc(OC)c(OC)c(OC)c4)c3C#N)C2=O)cc1. The van der Waals surface area contributed by atoms with E-state index in [0.29, 0.717) is 50.5 Å². The summed E-state index contributed by atoms with van der Waals surface area (Å²) in [5.74, 6) is 1.18. The Hall–Kier alpha value is -5.01. The lowest BCUT2D eigenvalue weighted by Crippen LogP contribution is -2.31. The van der Waals surface area contributed by atoms with Crippen LogP contribution in [0.25, 0.3) is 22.4 Å². The quantitative estimate of drug-likeness (QED) is 0.228. The minimum atomic E-state index is -0.766. The summed E-state index contributed by atoms with van der Waals surface area (Å²) in [5, 5.41) is 9.95. The molecule has 1 atom stereocenters. The number of anilines is 1. The smallest absolute Gasteiger partial charge is 0.247 e. The summed E-state index contributed by atoms with van der Waals surface area (Å²) in [6, 6.07) is 23.9. The van der Waals surface area contributed by atoms with Gasteiger partial charge in [-0.2, -0.15) is 5.26 Å². The van der Waals surface area contributed by atoms with E-state index in [1.165, 1.54) is 26.2 Å². The maximum atomic E-state index is 13.5. The van der Waals surface area contributed by atoms with Gasteiger partial charge in [0, 0.05) is 17.5 Å². The second kappa shape index (κ2) is 12.2. The number of amides is 2. The molecule has 10 heteroatoms. The Morgan fingerprint density at radius 2 is 1.52 bits per heavy atom. The minimum Gasteiger partial charge on any atom is -0.497 e. The van der Waals surface area contributed by atoms with Crippen molar-refractivity contribution in [3.63, 3.8) is 0 Å². The maximum Gasteiger partial charge on any atom is 0.247 e. The number of ether oxygens (including phenoxy) is 4. The molecule has 212 valence electrons. The van der Waals surface area contributed by atoms with Crippen molar-refractivity contribution in [1.29, 1.82) is 5.26 Å². The van der Waals surface area contributed by atoms with Crippen molar-refractivity contribution < 1.29 is 28.5 Å². The Labute approximate surface area is 247 Å². The van der Waals surface area contributed by atoms with Gasteiger partial charge in [-0.05, 0) is 48.0 Å². The number of benzene rings is 3. The van der Waals surface area contributed by atoms with Crippen LogP contribution in [-0.2, 0) is 9.59 Å². The summed E-state index contributed by atoms with van der Waals surface area (Å²) in [5.41, 5.74) is 3.35. The number of carbonyl (C=O) groups is 2. The molecular formula is C32H27N3O6S. The van der Waals surface area contributed by atoms with Crippen LogP contribution in [-0.4, -0.2) is 50.5 Å². The molecule has 4 aromatic rings. The van der Waals surface area contributed by atoms with Crippen molar-refractivity contribution in [2.24, 2.45) is 0 Å². The van der Waals surface area contributed by atoms with Gasteiger partial charge < -0.3 is 18.9 Å². The topological polar surface area (TPSA) is 111 Å². The molecule has 0 saturated carbocycles. The molecule has 0 aliphatic carbocycles. The molecule has 0 bridgehead atoms. The van der Waals surface area contributed by atoms with E-state index in [1.54, 1.807) is 43.5 Å². The highest BCUT2D eigenvalue weighted by atomic mass is 32.2. The highest BCUT2D eigenvalue weighted by Crippen LogP contribution is 2.44. The Kier molecular flexibility index (Phi) is 8.31. The fraction of sp³-hybridized carbons (Fsp3) is 0.188. The lowest BCUT2D eigenvalue weighted by Gasteiger charge is -2.18. The maximum absolute atomic E-state index is 13.5. The number of methoxy groups -OCH3 is 4. The molecule has 2 amide bonds.